The number of benzene rings is 2. The third-order valence-electron chi connectivity index (χ3n) is 3.85. The van der Waals surface area contributed by atoms with E-state index in [1.165, 1.54) is 6.08 Å². The standard InChI is InChI=1S/C21H17BrClNO5/c1-3-18(25)28-19-15(23)9-12(11-17(19)27-4-2)10-16-21(26)29-20(24-16)13-5-7-14(22)8-6-13/h5-11H,3-4H2,1-2H3/b16-10-. The van der Waals surface area contributed by atoms with Gasteiger partial charge in [-0.2, -0.15) is 0 Å². The Kier molecular flexibility index (Phi) is 6.71. The van der Waals surface area contributed by atoms with Crippen molar-refractivity contribution >= 4 is 51.4 Å². The summed E-state index contributed by atoms with van der Waals surface area (Å²) in [5.41, 5.74) is 1.36. The van der Waals surface area contributed by atoms with Gasteiger partial charge in [-0.3, -0.25) is 4.79 Å². The lowest BCUT2D eigenvalue weighted by Gasteiger charge is -2.13. The fourth-order valence-corrected chi connectivity index (χ4v) is 3.02. The highest BCUT2D eigenvalue weighted by atomic mass is 79.9. The predicted molar refractivity (Wildman–Crippen MR) is 113 cm³/mol. The molecular formula is C21H17BrClNO5. The summed E-state index contributed by atoms with van der Waals surface area (Å²) in [6.45, 7) is 3.83. The Labute approximate surface area is 181 Å². The predicted octanol–water partition coefficient (Wildman–Crippen LogP) is 5.16. The summed E-state index contributed by atoms with van der Waals surface area (Å²) in [6.07, 6.45) is 1.74. The van der Waals surface area contributed by atoms with E-state index in [9.17, 15) is 9.59 Å². The summed E-state index contributed by atoms with van der Waals surface area (Å²) >= 11 is 9.65. The second-order valence-electron chi connectivity index (χ2n) is 5.93. The molecule has 0 aromatic heterocycles. The number of halogens is 2. The Hall–Kier alpha value is -2.64. The second kappa shape index (κ2) is 9.24. The molecule has 0 amide bonds. The smallest absolute Gasteiger partial charge is 0.363 e. The van der Waals surface area contributed by atoms with E-state index in [0.29, 0.717) is 23.5 Å². The number of cyclic esters (lactones) is 1. The summed E-state index contributed by atoms with van der Waals surface area (Å²) in [5.74, 6) is -0.327. The van der Waals surface area contributed by atoms with Crippen LogP contribution < -0.4 is 9.47 Å². The number of carbonyl (C=O) groups is 2. The molecule has 0 saturated heterocycles. The van der Waals surface area contributed by atoms with E-state index < -0.39 is 11.9 Å². The molecule has 8 heteroatoms. The van der Waals surface area contributed by atoms with E-state index in [1.54, 1.807) is 38.1 Å². The molecule has 1 aliphatic heterocycles. The fraction of sp³-hybridized carbons (Fsp3) is 0.190. The molecule has 0 fully saturated rings. The normalized spacial score (nSPS) is 14.6. The van der Waals surface area contributed by atoms with E-state index in [0.717, 1.165) is 4.47 Å². The highest BCUT2D eigenvalue weighted by Crippen LogP contribution is 2.38. The summed E-state index contributed by atoms with van der Waals surface area (Å²) in [7, 11) is 0. The first kappa shape index (κ1) is 21.1. The van der Waals surface area contributed by atoms with Crippen LogP contribution in [-0.2, 0) is 14.3 Å². The van der Waals surface area contributed by atoms with E-state index in [2.05, 4.69) is 20.9 Å². The molecule has 3 rings (SSSR count). The molecule has 0 N–H and O–H groups in total. The first-order chi connectivity index (χ1) is 13.9. The molecule has 0 aliphatic carbocycles. The van der Waals surface area contributed by atoms with Gasteiger partial charge in [-0.1, -0.05) is 34.5 Å². The minimum Gasteiger partial charge on any atom is -0.490 e. The molecule has 0 unspecified atom stereocenters. The summed E-state index contributed by atoms with van der Waals surface area (Å²) in [4.78, 5) is 28.2. The van der Waals surface area contributed by atoms with E-state index in [1.807, 2.05) is 12.1 Å². The topological polar surface area (TPSA) is 74.2 Å². The van der Waals surface area contributed by atoms with Gasteiger partial charge >= 0.3 is 11.9 Å². The molecular weight excluding hydrogens is 462 g/mol. The van der Waals surface area contributed by atoms with Gasteiger partial charge in [-0.25, -0.2) is 9.79 Å². The van der Waals surface area contributed by atoms with Gasteiger partial charge in [0.1, 0.15) is 0 Å². The van der Waals surface area contributed by atoms with Crippen molar-refractivity contribution in [3.05, 3.63) is 62.7 Å². The molecule has 0 bridgehead atoms. The van der Waals surface area contributed by atoms with Crippen molar-refractivity contribution < 1.29 is 23.8 Å². The van der Waals surface area contributed by atoms with Crippen LogP contribution in [-0.4, -0.2) is 24.4 Å². The van der Waals surface area contributed by atoms with Crippen LogP contribution in [0.2, 0.25) is 5.02 Å². The molecule has 0 saturated carbocycles. The maximum absolute atomic E-state index is 12.2. The molecule has 1 aliphatic rings. The number of nitrogens with zero attached hydrogens (tertiary/aromatic N) is 1. The van der Waals surface area contributed by atoms with Crippen molar-refractivity contribution in [3.8, 4) is 11.5 Å². The maximum atomic E-state index is 12.2. The average Bonchev–Trinajstić information content (AvgIpc) is 3.05. The maximum Gasteiger partial charge on any atom is 0.363 e. The van der Waals surface area contributed by atoms with E-state index in [-0.39, 0.29) is 28.8 Å². The molecule has 2 aromatic rings. The van der Waals surface area contributed by atoms with Crippen molar-refractivity contribution in [1.82, 2.24) is 0 Å². The van der Waals surface area contributed by atoms with Crippen molar-refractivity contribution in [3.63, 3.8) is 0 Å². The zero-order valence-corrected chi connectivity index (χ0v) is 18.0. The Morgan fingerprint density at radius 3 is 2.62 bits per heavy atom. The number of hydrogen-bond donors (Lipinski definition) is 0. The van der Waals surface area contributed by atoms with Gasteiger partial charge in [0.05, 0.1) is 11.6 Å². The highest BCUT2D eigenvalue weighted by Gasteiger charge is 2.24. The van der Waals surface area contributed by atoms with Crippen LogP contribution in [0.4, 0.5) is 0 Å². The zero-order chi connectivity index (χ0) is 21.0. The SMILES string of the molecule is CCOc1cc(/C=C2\N=C(c3ccc(Br)cc3)OC2=O)cc(Cl)c1OC(=O)CC. The van der Waals surface area contributed by atoms with E-state index >= 15 is 0 Å². The van der Waals surface area contributed by atoms with Gasteiger partial charge in [0.25, 0.3) is 0 Å². The van der Waals surface area contributed by atoms with Crippen LogP contribution in [0.3, 0.4) is 0 Å². The Morgan fingerprint density at radius 1 is 1.24 bits per heavy atom. The molecule has 29 heavy (non-hydrogen) atoms. The van der Waals surface area contributed by atoms with Gasteiger partial charge in [0, 0.05) is 16.5 Å². The van der Waals surface area contributed by atoms with Crippen LogP contribution in [0.5, 0.6) is 11.5 Å². The molecule has 1 heterocycles. The molecule has 2 aromatic carbocycles. The largest absolute Gasteiger partial charge is 0.490 e. The lowest BCUT2D eigenvalue weighted by molar-refractivity contribution is -0.134. The van der Waals surface area contributed by atoms with Crippen molar-refractivity contribution in [2.24, 2.45) is 4.99 Å². The lowest BCUT2D eigenvalue weighted by atomic mass is 10.1. The number of hydrogen-bond acceptors (Lipinski definition) is 6. The summed E-state index contributed by atoms with van der Waals surface area (Å²) in [5, 5.41) is 0.188. The minimum atomic E-state index is -0.571. The highest BCUT2D eigenvalue weighted by molar-refractivity contribution is 9.10. The third-order valence-corrected chi connectivity index (χ3v) is 4.66. The van der Waals surface area contributed by atoms with Gasteiger partial charge in [0.2, 0.25) is 5.90 Å². The van der Waals surface area contributed by atoms with Crippen LogP contribution >= 0.6 is 27.5 Å². The zero-order valence-electron chi connectivity index (χ0n) is 15.7. The lowest BCUT2D eigenvalue weighted by Crippen LogP contribution is -2.08. The molecule has 0 radical (unpaired) electrons. The molecule has 6 nitrogen and oxygen atoms in total. The van der Waals surface area contributed by atoms with Crippen LogP contribution in [0, 0.1) is 0 Å². The molecule has 0 spiro atoms. The number of ether oxygens (including phenoxy) is 3. The van der Waals surface area contributed by atoms with Crippen molar-refractivity contribution in [2.75, 3.05) is 6.61 Å². The third kappa shape index (κ3) is 5.05. The average molecular weight is 479 g/mol. The van der Waals surface area contributed by atoms with Crippen molar-refractivity contribution in [2.45, 2.75) is 20.3 Å². The van der Waals surface area contributed by atoms with Crippen molar-refractivity contribution in [1.29, 1.82) is 0 Å². The van der Waals surface area contributed by atoms with Crippen LogP contribution in [0.15, 0.2) is 51.6 Å². The summed E-state index contributed by atoms with van der Waals surface area (Å²) in [6, 6.07) is 10.4. The van der Waals surface area contributed by atoms with Gasteiger partial charge < -0.3 is 14.2 Å². The fourth-order valence-electron chi connectivity index (χ4n) is 2.50. The summed E-state index contributed by atoms with van der Waals surface area (Å²) < 4.78 is 17.0. The minimum absolute atomic E-state index is 0.125. The van der Waals surface area contributed by atoms with Crippen LogP contribution in [0.25, 0.3) is 6.08 Å². The number of aliphatic imine (C=N–C) groups is 1. The van der Waals surface area contributed by atoms with E-state index in [4.69, 9.17) is 25.8 Å². The number of rotatable bonds is 6. The molecule has 150 valence electrons. The number of carbonyl (C=O) groups excluding carboxylic acids is 2. The first-order valence-corrected chi connectivity index (χ1v) is 10.0. The first-order valence-electron chi connectivity index (χ1n) is 8.86. The van der Waals surface area contributed by atoms with Gasteiger partial charge in [-0.15, -0.1) is 0 Å². The van der Waals surface area contributed by atoms with Gasteiger partial charge in [0.15, 0.2) is 17.2 Å². The molecule has 0 atom stereocenters. The van der Waals surface area contributed by atoms with Gasteiger partial charge in [-0.05, 0) is 55.0 Å². The monoisotopic (exact) mass is 477 g/mol. The second-order valence-corrected chi connectivity index (χ2v) is 7.26. The quantitative estimate of drug-likeness (QED) is 0.326. The Bertz CT molecular complexity index is 1010. The Morgan fingerprint density at radius 2 is 1.97 bits per heavy atom. The number of esters is 2. The van der Waals surface area contributed by atoms with Crippen LogP contribution in [0.1, 0.15) is 31.4 Å². The Balaban J connectivity index is 1.95.